The fourth-order valence-corrected chi connectivity index (χ4v) is 4.20. The minimum Gasteiger partial charge on any atom is -0.353 e. The summed E-state index contributed by atoms with van der Waals surface area (Å²) in [5.74, 6) is -0.125. The van der Waals surface area contributed by atoms with E-state index in [0.29, 0.717) is 6.54 Å². The molecule has 4 rings (SSSR count). The molecule has 6 nitrogen and oxygen atoms in total. The number of likely N-dealkylation sites (tertiary alicyclic amines) is 1. The van der Waals surface area contributed by atoms with Crippen LogP contribution < -0.4 is 5.32 Å². The Morgan fingerprint density at radius 1 is 0.903 bits per heavy atom. The van der Waals surface area contributed by atoms with Crippen molar-refractivity contribution in [2.45, 2.75) is 44.7 Å². The van der Waals surface area contributed by atoms with Gasteiger partial charge in [-0.05, 0) is 24.0 Å². The molecule has 31 heavy (non-hydrogen) atoms. The summed E-state index contributed by atoms with van der Waals surface area (Å²) in [4.78, 5) is 27.3. The van der Waals surface area contributed by atoms with E-state index in [9.17, 15) is 9.59 Å². The van der Waals surface area contributed by atoms with Crippen LogP contribution >= 0.6 is 0 Å². The Morgan fingerprint density at radius 2 is 1.58 bits per heavy atom. The van der Waals surface area contributed by atoms with Crippen LogP contribution in [-0.2, 0) is 16.1 Å². The van der Waals surface area contributed by atoms with Crippen molar-refractivity contribution >= 4 is 17.5 Å². The number of amides is 2. The zero-order chi connectivity index (χ0) is 21.5. The van der Waals surface area contributed by atoms with Crippen LogP contribution in [0.25, 0.3) is 0 Å². The van der Waals surface area contributed by atoms with Crippen LogP contribution in [0.4, 0.5) is 0 Å². The minimum atomic E-state index is -0.0845. The predicted octanol–water partition coefficient (Wildman–Crippen LogP) is 3.18. The summed E-state index contributed by atoms with van der Waals surface area (Å²) in [5.41, 5.74) is 3.30. The maximum atomic E-state index is 12.5. The molecule has 1 fully saturated rings. The molecule has 2 aliphatic heterocycles. The number of rotatable bonds is 7. The summed E-state index contributed by atoms with van der Waals surface area (Å²) in [7, 11) is 0. The average Bonchev–Trinajstić information content (AvgIpc) is 3.31. The lowest BCUT2D eigenvalue weighted by Crippen LogP contribution is -2.44. The first kappa shape index (κ1) is 21.2. The second-order valence-corrected chi connectivity index (χ2v) is 8.28. The normalized spacial score (nSPS) is 17.4. The van der Waals surface area contributed by atoms with Crippen LogP contribution in [-0.4, -0.2) is 53.1 Å². The van der Waals surface area contributed by atoms with E-state index in [2.05, 4.69) is 39.6 Å². The van der Waals surface area contributed by atoms with Crippen molar-refractivity contribution in [2.24, 2.45) is 5.10 Å². The van der Waals surface area contributed by atoms with Gasteiger partial charge in [0.25, 0.3) is 0 Å². The number of carbonyl (C=O) groups is 2. The molecule has 1 saturated heterocycles. The number of carbonyl (C=O) groups excluding carboxylic acids is 2. The second kappa shape index (κ2) is 10.4. The van der Waals surface area contributed by atoms with Crippen molar-refractivity contribution in [3.05, 3.63) is 71.8 Å². The first-order valence-electron chi connectivity index (χ1n) is 11.2. The van der Waals surface area contributed by atoms with E-state index in [0.717, 1.165) is 50.2 Å². The molecule has 0 aromatic heterocycles. The zero-order valence-corrected chi connectivity index (χ0v) is 17.9. The monoisotopic (exact) mass is 418 g/mol. The summed E-state index contributed by atoms with van der Waals surface area (Å²) in [6, 6.07) is 20.6. The highest BCUT2D eigenvalue weighted by atomic mass is 16.2. The van der Waals surface area contributed by atoms with Gasteiger partial charge in [-0.25, -0.2) is 5.01 Å². The fraction of sp³-hybridized carbons (Fsp3) is 0.400. The van der Waals surface area contributed by atoms with Crippen molar-refractivity contribution in [1.82, 2.24) is 15.2 Å². The molecule has 0 radical (unpaired) electrons. The quantitative estimate of drug-likeness (QED) is 0.751. The molecule has 0 atom stereocenters. The fourth-order valence-electron chi connectivity index (χ4n) is 4.20. The van der Waals surface area contributed by atoms with Gasteiger partial charge in [-0.1, -0.05) is 60.7 Å². The van der Waals surface area contributed by atoms with Gasteiger partial charge in [0.2, 0.25) is 11.8 Å². The van der Waals surface area contributed by atoms with Gasteiger partial charge in [0, 0.05) is 44.9 Å². The summed E-state index contributed by atoms with van der Waals surface area (Å²) >= 11 is 0. The number of nitrogens with zero attached hydrogens (tertiary/aromatic N) is 3. The molecule has 2 aromatic rings. The Morgan fingerprint density at radius 3 is 2.29 bits per heavy atom. The summed E-state index contributed by atoms with van der Waals surface area (Å²) in [6.07, 6.45) is 3.07. The topological polar surface area (TPSA) is 65.0 Å². The Bertz CT molecular complexity index is 906. The molecule has 0 unspecified atom stereocenters. The van der Waals surface area contributed by atoms with E-state index in [1.165, 1.54) is 10.6 Å². The van der Waals surface area contributed by atoms with E-state index in [1.807, 2.05) is 36.4 Å². The van der Waals surface area contributed by atoms with Gasteiger partial charge in [-0.2, -0.15) is 5.10 Å². The van der Waals surface area contributed by atoms with Crippen LogP contribution in [0.15, 0.2) is 65.8 Å². The Labute approximate surface area is 183 Å². The lowest BCUT2D eigenvalue weighted by Gasteiger charge is -2.32. The standard InChI is InChI=1S/C25H30N4O2/c30-24(26-22-13-16-28(17-14-22)19-20-7-3-1-4-8-20)11-12-25(31)29-18-15-23(27-29)21-9-5-2-6-10-21/h1-10,22H,11-19H2,(H,26,30). The highest BCUT2D eigenvalue weighted by molar-refractivity contribution is 6.02. The van der Waals surface area contributed by atoms with Crippen LogP contribution in [0.1, 0.15) is 43.2 Å². The highest BCUT2D eigenvalue weighted by Gasteiger charge is 2.24. The van der Waals surface area contributed by atoms with E-state index in [4.69, 9.17) is 0 Å². The van der Waals surface area contributed by atoms with E-state index in [1.54, 1.807) is 0 Å². The number of hydrogen-bond acceptors (Lipinski definition) is 4. The van der Waals surface area contributed by atoms with Crippen LogP contribution in [0.3, 0.4) is 0 Å². The molecule has 1 N–H and O–H groups in total. The van der Waals surface area contributed by atoms with Crippen LogP contribution in [0.2, 0.25) is 0 Å². The van der Waals surface area contributed by atoms with Crippen molar-refractivity contribution in [2.75, 3.05) is 19.6 Å². The number of nitrogens with one attached hydrogen (secondary N) is 1. The number of hydrazone groups is 1. The number of piperidine rings is 1. The van der Waals surface area contributed by atoms with Gasteiger partial charge < -0.3 is 5.32 Å². The lowest BCUT2D eigenvalue weighted by molar-refractivity contribution is -0.133. The smallest absolute Gasteiger partial charge is 0.243 e. The second-order valence-electron chi connectivity index (χ2n) is 8.28. The molecular weight excluding hydrogens is 388 g/mol. The predicted molar refractivity (Wildman–Crippen MR) is 121 cm³/mol. The molecule has 0 spiro atoms. The van der Waals surface area contributed by atoms with Crippen molar-refractivity contribution in [3.8, 4) is 0 Å². The van der Waals surface area contributed by atoms with Gasteiger partial charge in [0.05, 0.1) is 12.3 Å². The largest absolute Gasteiger partial charge is 0.353 e. The molecule has 0 bridgehead atoms. The maximum absolute atomic E-state index is 12.5. The number of benzene rings is 2. The molecule has 162 valence electrons. The Kier molecular flexibility index (Phi) is 7.10. The molecular formula is C25H30N4O2. The molecule has 0 aliphatic carbocycles. The van der Waals surface area contributed by atoms with Crippen molar-refractivity contribution < 1.29 is 9.59 Å². The van der Waals surface area contributed by atoms with Crippen LogP contribution in [0, 0.1) is 0 Å². The third-order valence-corrected chi connectivity index (χ3v) is 5.96. The first-order chi connectivity index (χ1) is 15.2. The van der Waals surface area contributed by atoms with Crippen molar-refractivity contribution in [1.29, 1.82) is 0 Å². The molecule has 0 saturated carbocycles. The van der Waals surface area contributed by atoms with Gasteiger partial charge in [-0.15, -0.1) is 0 Å². The van der Waals surface area contributed by atoms with Crippen molar-refractivity contribution in [3.63, 3.8) is 0 Å². The van der Waals surface area contributed by atoms with E-state index in [-0.39, 0.29) is 30.7 Å². The highest BCUT2D eigenvalue weighted by Crippen LogP contribution is 2.16. The minimum absolute atomic E-state index is 0.0404. The SMILES string of the molecule is O=C(CCC(=O)N1CCC(c2ccccc2)=N1)NC1CCN(Cc2ccccc2)CC1. The molecule has 2 aromatic carbocycles. The zero-order valence-electron chi connectivity index (χ0n) is 17.9. The molecule has 2 heterocycles. The third-order valence-electron chi connectivity index (χ3n) is 5.96. The van der Waals surface area contributed by atoms with Gasteiger partial charge in [-0.3, -0.25) is 14.5 Å². The molecule has 2 amide bonds. The maximum Gasteiger partial charge on any atom is 0.243 e. The third kappa shape index (κ3) is 6.01. The summed E-state index contributed by atoms with van der Waals surface area (Å²) < 4.78 is 0. The average molecular weight is 419 g/mol. The summed E-state index contributed by atoms with van der Waals surface area (Å²) in [5, 5.41) is 9.08. The Hall–Kier alpha value is -2.99. The van der Waals surface area contributed by atoms with Crippen LogP contribution in [0.5, 0.6) is 0 Å². The van der Waals surface area contributed by atoms with Gasteiger partial charge in [0.15, 0.2) is 0 Å². The molecule has 6 heteroatoms. The van der Waals surface area contributed by atoms with Gasteiger partial charge in [0.1, 0.15) is 0 Å². The number of hydrogen-bond donors (Lipinski definition) is 1. The summed E-state index contributed by atoms with van der Waals surface area (Å²) in [6.45, 7) is 3.49. The Balaban J connectivity index is 1.16. The first-order valence-corrected chi connectivity index (χ1v) is 11.2. The van der Waals surface area contributed by atoms with Gasteiger partial charge >= 0.3 is 0 Å². The van der Waals surface area contributed by atoms with E-state index >= 15 is 0 Å². The van der Waals surface area contributed by atoms with E-state index < -0.39 is 0 Å². The molecule has 2 aliphatic rings. The lowest BCUT2D eigenvalue weighted by atomic mass is 10.0.